The fourth-order valence-electron chi connectivity index (χ4n) is 3.50. The van der Waals surface area contributed by atoms with E-state index in [1.165, 1.54) is 11.3 Å². The second-order valence-corrected chi connectivity index (χ2v) is 10.0. The minimum Gasteiger partial charge on any atom is -0.495 e. The molecule has 0 spiro atoms. The van der Waals surface area contributed by atoms with Crippen LogP contribution >= 0.6 is 27.3 Å². The largest absolute Gasteiger partial charge is 0.495 e. The molecule has 3 rings (SSSR count). The third-order valence-electron chi connectivity index (χ3n) is 4.99. The third-order valence-corrected chi connectivity index (χ3v) is 6.60. The smallest absolute Gasteiger partial charge is 0.333 e. The van der Waals surface area contributed by atoms with E-state index >= 15 is 0 Å². The van der Waals surface area contributed by atoms with Crippen LogP contribution in [0.5, 0.6) is 5.75 Å². The summed E-state index contributed by atoms with van der Waals surface area (Å²) in [5, 5.41) is 13.2. The number of carbonyl (C=O) groups is 2. The van der Waals surface area contributed by atoms with Crippen LogP contribution in [0.15, 0.2) is 46.9 Å². The number of halogens is 1. The first-order valence-electron chi connectivity index (χ1n) is 10.7. The first kappa shape index (κ1) is 25.9. The van der Waals surface area contributed by atoms with E-state index < -0.39 is 12.1 Å². The summed E-state index contributed by atoms with van der Waals surface area (Å²) in [7, 11) is 1.55. The fraction of sp³-hybridized carbons (Fsp3) is 0.320. The highest BCUT2D eigenvalue weighted by Crippen LogP contribution is 2.32. The van der Waals surface area contributed by atoms with Gasteiger partial charge in [-0.05, 0) is 48.3 Å². The van der Waals surface area contributed by atoms with Crippen molar-refractivity contribution in [1.82, 2.24) is 10.3 Å². The number of aliphatic carboxylic acids is 1. The summed E-state index contributed by atoms with van der Waals surface area (Å²) < 4.78 is 11.7. The summed E-state index contributed by atoms with van der Waals surface area (Å²) >= 11 is 4.96. The lowest BCUT2D eigenvalue weighted by atomic mass is 10.0. The molecule has 1 amide bonds. The second-order valence-electron chi connectivity index (χ2n) is 7.96. The van der Waals surface area contributed by atoms with Crippen molar-refractivity contribution in [3.05, 3.63) is 68.6 Å². The lowest BCUT2D eigenvalue weighted by molar-refractivity contribution is -0.153. The Morgan fingerprint density at radius 3 is 2.53 bits per heavy atom. The molecule has 1 atom stereocenters. The van der Waals surface area contributed by atoms with Crippen LogP contribution in [-0.2, 0) is 22.5 Å². The Labute approximate surface area is 211 Å². The van der Waals surface area contributed by atoms with Gasteiger partial charge >= 0.3 is 5.97 Å². The van der Waals surface area contributed by atoms with Crippen molar-refractivity contribution in [3.63, 3.8) is 0 Å². The van der Waals surface area contributed by atoms with Gasteiger partial charge in [0.25, 0.3) is 5.91 Å². The fourth-order valence-corrected chi connectivity index (χ4v) is 5.12. The molecule has 2 aromatic carbocycles. The van der Waals surface area contributed by atoms with Gasteiger partial charge in [0.05, 0.1) is 17.7 Å². The predicted molar refractivity (Wildman–Crippen MR) is 135 cm³/mol. The Balaban J connectivity index is 1.79. The van der Waals surface area contributed by atoms with E-state index in [2.05, 4.69) is 26.2 Å². The van der Waals surface area contributed by atoms with Gasteiger partial charge in [-0.25, -0.2) is 9.78 Å². The molecule has 0 aliphatic heterocycles. The van der Waals surface area contributed by atoms with Crippen LogP contribution in [0.25, 0.3) is 10.6 Å². The lowest BCUT2D eigenvalue weighted by Crippen LogP contribution is -2.29. The van der Waals surface area contributed by atoms with E-state index in [1.807, 2.05) is 43.3 Å². The van der Waals surface area contributed by atoms with Crippen LogP contribution in [0.2, 0.25) is 0 Å². The Morgan fingerprint density at radius 1 is 1.21 bits per heavy atom. The van der Waals surface area contributed by atoms with Gasteiger partial charge < -0.3 is 19.9 Å². The Kier molecular flexibility index (Phi) is 8.82. The highest BCUT2D eigenvalue weighted by molar-refractivity contribution is 9.10. The summed E-state index contributed by atoms with van der Waals surface area (Å²) in [4.78, 5) is 29.9. The van der Waals surface area contributed by atoms with E-state index in [1.54, 1.807) is 27.0 Å². The van der Waals surface area contributed by atoms with Crippen LogP contribution in [0.1, 0.15) is 40.3 Å². The maximum atomic E-state index is 12.9. The molecule has 1 aromatic heterocycles. The van der Waals surface area contributed by atoms with Gasteiger partial charge in [-0.3, -0.25) is 4.79 Å². The minimum absolute atomic E-state index is 0.183. The standard InChI is InChI=1S/C25H27BrN2O5S/c1-14(2)33-20(25(30)31)12-16-10-18(22(32-4)19(26)11-16)13-27-23(29)21-15(3)34-24(28-21)17-8-6-5-7-9-17/h5-11,14,20H,12-13H2,1-4H3,(H,27,29)(H,30,31). The molecule has 180 valence electrons. The van der Waals surface area contributed by atoms with Gasteiger partial charge in [0.2, 0.25) is 0 Å². The topological polar surface area (TPSA) is 97.8 Å². The highest BCUT2D eigenvalue weighted by atomic mass is 79.9. The number of amides is 1. The quantitative estimate of drug-likeness (QED) is 0.360. The number of carboxylic acid groups (broad SMARTS) is 1. The number of carboxylic acids is 1. The molecule has 3 aromatic rings. The number of rotatable bonds is 10. The van der Waals surface area contributed by atoms with Gasteiger partial charge in [0.15, 0.2) is 6.10 Å². The molecule has 0 bridgehead atoms. The number of benzene rings is 2. The van der Waals surface area contributed by atoms with Gasteiger partial charge in [0, 0.05) is 29.0 Å². The average molecular weight is 547 g/mol. The van der Waals surface area contributed by atoms with Crippen molar-refractivity contribution >= 4 is 39.1 Å². The number of hydrogen-bond donors (Lipinski definition) is 2. The average Bonchev–Trinajstić information content (AvgIpc) is 3.19. The number of thiazole rings is 1. The molecule has 0 saturated carbocycles. The van der Waals surface area contributed by atoms with Crippen LogP contribution in [-0.4, -0.2) is 41.3 Å². The SMILES string of the molecule is COc1c(Br)cc(CC(OC(C)C)C(=O)O)cc1CNC(=O)c1nc(-c2ccccc2)sc1C. The molecule has 0 aliphatic rings. The molecule has 0 fully saturated rings. The lowest BCUT2D eigenvalue weighted by Gasteiger charge is -2.18. The molecule has 7 nitrogen and oxygen atoms in total. The van der Waals surface area contributed by atoms with Crippen molar-refractivity contribution in [3.8, 4) is 16.3 Å². The number of aryl methyl sites for hydroxylation is 1. The zero-order chi connectivity index (χ0) is 24.8. The van der Waals surface area contributed by atoms with Crippen molar-refractivity contribution in [2.75, 3.05) is 7.11 Å². The highest BCUT2D eigenvalue weighted by Gasteiger charge is 2.22. The zero-order valence-electron chi connectivity index (χ0n) is 19.4. The van der Waals surface area contributed by atoms with Crippen LogP contribution in [0, 0.1) is 6.92 Å². The minimum atomic E-state index is -1.02. The maximum Gasteiger partial charge on any atom is 0.333 e. The number of hydrogen-bond acceptors (Lipinski definition) is 6. The molecular weight excluding hydrogens is 520 g/mol. The Bertz CT molecular complexity index is 1160. The van der Waals surface area contributed by atoms with E-state index in [4.69, 9.17) is 9.47 Å². The van der Waals surface area contributed by atoms with Crippen LogP contribution in [0.3, 0.4) is 0 Å². The molecule has 0 radical (unpaired) electrons. The third kappa shape index (κ3) is 6.43. The normalized spacial score (nSPS) is 11.9. The predicted octanol–water partition coefficient (Wildman–Crippen LogP) is 5.24. The summed E-state index contributed by atoms with van der Waals surface area (Å²) in [6.07, 6.45) is -1.01. The molecule has 2 N–H and O–H groups in total. The maximum absolute atomic E-state index is 12.9. The summed E-state index contributed by atoms with van der Waals surface area (Å²) in [5.41, 5.74) is 2.81. The number of ether oxygens (including phenoxy) is 2. The zero-order valence-corrected chi connectivity index (χ0v) is 21.8. The first-order chi connectivity index (χ1) is 16.2. The van der Waals surface area contributed by atoms with Crippen molar-refractivity contribution < 1.29 is 24.2 Å². The Hall–Kier alpha value is -2.75. The molecular formula is C25H27BrN2O5S. The summed E-state index contributed by atoms with van der Waals surface area (Å²) in [6, 6.07) is 13.4. The molecule has 0 saturated heterocycles. The molecule has 1 heterocycles. The van der Waals surface area contributed by atoms with E-state index in [0.29, 0.717) is 21.5 Å². The number of aromatic nitrogens is 1. The second kappa shape index (κ2) is 11.6. The molecule has 9 heteroatoms. The number of nitrogens with one attached hydrogen (secondary N) is 1. The van der Waals surface area contributed by atoms with Gasteiger partial charge in [-0.2, -0.15) is 0 Å². The first-order valence-corrected chi connectivity index (χ1v) is 12.3. The van der Waals surface area contributed by atoms with Gasteiger partial charge in [-0.15, -0.1) is 11.3 Å². The number of carbonyl (C=O) groups excluding carboxylic acids is 1. The van der Waals surface area contributed by atoms with Crippen LogP contribution < -0.4 is 10.1 Å². The molecule has 0 aliphatic carbocycles. The number of methoxy groups -OCH3 is 1. The van der Waals surface area contributed by atoms with Gasteiger partial charge in [-0.1, -0.05) is 36.4 Å². The molecule has 34 heavy (non-hydrogen) atoms. The Morgan fingerprint density at radius 2 is 1.91 bits per heavy atom. The number of nitrogens with zero attached hydrogens (tertiary/aromatic N) is 1. The summed E-state index contributed by atoms with van der Waals surface area (Å²) in [6.45, 7) is 5.65. The van der Waals surface area contributed by atoms with E-state index in [9.17, 15) is 14.7 Å². The van der Waals surface area contributed by atoms with Gasteiger partial charge in [0.1, 0.15) is 16.5 Å². The van der Waals surface area contributed by atoms with Crippen LogP contribution in [0.4, 0.5) is 0 Å². The monoisotopic (exact) mass is 546 g/mol. The molecule has 1 unspecified atom stereocenters. The summed E-state index contributed by atoms with van der Waals surface area (Å²) in [5.74, 6) is -0.740. The van der Waals surface area contributed by atoms with Crippen molar-refractivity contribution in [1.29, 1.82) is 0 Å². The van der Waals surface area contributed by atoms with Crippen molar-refractivity contribution in [2.45, 2.75) is 45.9 Å². The van der Waals surface area contributed by atoms with E-state index in [0.717, 1.165) is 21.0 Å². The van der Waals surface area contributed by atoms with Crippen molar-refractivity contribution in [2.24, 2.45) is 0 Å². The van der Waals surface area contributed by atoms with E-state index in [-0.39, 0.29) is 25.0 Å².